The molecular weight excluding hydrogens is 448 g/mol. The van der Waals surface area contributed by atoms with Crippen molar-refractivity contribution in [1.82, 2.24) is 14.8 Å². The van der Waals surface area contributed by atoms with Gasteiger partial charge in [-0.3, -0.25) is 14.4 Å². The zero-order chi connectivity index (χ0) is 22.5. The summed E-state index contributed by atoms with van der Waals surface area (Å²) in [7, 11) is 1.66. The highest BCUT2D eigenvalue weighted by atomic mass is 35.5. The van der Waals surface area contributed by atoms with E-state index in [0.717, 1.165) is 23.0 Å². The van der Waals surface area contributed by atoms with Crippen LogP contribution in [-0.2, 0) is 16.1 Å². The van der Waals surface area contributed by atoms with E-state index in [1.807, 2.05) is 40.0 Å². The predicted octanol–water partition coefficient (Wildman–Crippen LogP) is 3.66. The largest absolute Gasteiger partial charge is 0.383 e. The third-order valence-corrected chi connectivity index (χ3v) is 6.83. The molecule has 3 heterocycles. The highest BCUT2D eigenvalue weighted by Gasteiger charge is 2.59. The number of hydrogen-bond acceptors (Lipinski definition) is 6. The minimum Gasteiger partial charge on any atom is -0.383 e. The van der Waals surface area contributed by atoms with E-state index in [1.165, 1.54) is 11.1 Å². The summed E-state index contributed by atoms with van der Waals surface area (Å²) in [6.45, 7) is 1.23. The van der Waals surface area contributed by atoms with Crippen molar-refractivity contribution in [3.63, 3.8) is 0 Å². The highest BCUT2D eigenvalue weighted by Crippen LogP contribution is 2.48. The van der Waals surface area contributed by atoms with Gasteiger partial charge in [-0.05, 0) is 55.7 Å². The number of fused-ring (bicyclic) bond motifs is 1. The summed E-state index contributed by atoms with van der Waals surface area (Å²) in [4.78, 5) is 21.1. The number of rotatable bonds is 5. The Morgan fingerprint density at radius 2 is 2.09 bits per heavy atom. The summed E-state index contributed by atoms with van der Waals surface area (Å²) in [5, 5.41) is 15.1. The lowest BCUT2D eigenvalue weighted by atomic mass is 9.75. The third kappa shape index (κ3) is 2.98. The van der Waals surface area contributed by atoms with Crippen LogP contribution in [0.15, 0.2) is 36.7 Å². The van der Waals surface area contributed by atoms with Gasteiger partial charge in [0.1, 0.15) is 11.6 Å². The fourth-order valence-corrected chi connectivity index (χ4v) is 5.08. The van der Waals surface area contributed by atoms with Gasteiger partial charge in [0.05, 0.1) is 41.8 Å². The summed E-state index contributed by atoms with van der Waals surface area (Å²) in [5.41, 5.74) is 1.70. The lowest BCUT2D eigenvalue weighted by molar-refractivity contribution is -0.123. The van der Waals surface area contributed by atoms with E-state index >= 15 is 0 Å². The number of ether oxygens (including phenoxy) is 1. The Labute approximate surface area is 194 Å². The van der Waals surface area contributed by atoms with Crippen molar-refractivity contribution in [2.45, 2.75) is 31.3 Å². The zero-order valence-electron chi connectivity index (χ0n) is 17.3. The van der Waals surface area contributed by atoms with Crippen molar-refractivity contribution in [1.29, 1.82) is 5.26 Å². The van der Waals surface area contributed by atoms with E-state index in [-0.39, 0.29) is 16.6 Å². The minimum absolute atomic E-state index is 0.0905. The average Bonchev–Trinajstić information content (AvgIpc) is 3.27. The molecule has 1 aliphatic heterocycles. The number of nitriles is 1. The van der Waals surface area contributed by atoms with E-state index in [4.69, 9.17) is 33.8 Å². The second-order valence-electron chi connectivity index (χ2n) is 7.88. The molecule has 162 valence electrons. The number of hydrogen-bond donors (Lipinski definition) is 0. The molecule has 1 saturated heterocycles. The molecule has 0 atom stereocenters. The van der Waals surface area contributed by atoms with Crippen LogP contribution in [0.2, 0.25) is 5.02 Å². The van der Waals surface area contributed by atoms with Gasteiger partial charge in [-0.25, -0.2) is 4.98 Å². The quantitative estimate of drug-likeness (QED) is 0.530. The second kappa shape index (κ2) is 7.81. The van der Waals surface area contributed by atoms with Crippen LogP contribution < -0.4 is 9.80 Å². The lowest BCUT2D eigenvalue weighted by Gasteiger charge is -2.43. The summed E-state index contributed by atoms with van der Waals surface area (Å²) >= 11 is 12.0. The maximum Gasteiger partial charge on any atom is 0.259 e. The minimum atomic E-state index is -0.711. The van der Waals surface area contributed by atoms with Crippen LogP contribution in [0.4, 0.5) is 11.4 Å². The summed E-state index contributed by atoms with van der Waals surface area (Å²) in [5.74, 6) is -0.0905. The Kier molecular flexibility index (Phi) is 5.08. The fraction of sp³-hybridized carbons (Fsp3) is 0.318. The molecule has 1 saturated carbocycles. The standard InChI is InChI=1S/C22H19ClN6O2S/c1-31-8-7-27-19-4-3-15(9-14(19)12-26-27)29-21(32)28(20(30)22(29)5-2-6-22)16-10-17(23)18(11-24)25-13-16/h3-4,9-10,12-13H,2,5-8H2,1H3. The molecule has 10 heteroatoms. The topological polar surface area (TPSA) is 87.3 Å². The zero-order valence-corrected chi connectivity index (χ0v) is 18.9. The molecule has 2 aromatic heterocycles. The highest BCUT2D eigenvalue weighted by molar-refractivity contribution is 7.81. The Bertz CT molecular complexity index is 1300. The number of amides is 1. The Morgan fingerprint density at radius 3 is 2.75 bits per heavy atom. The molecule has 1 amide bonds. The van der Waals surface area contributed by atoms with Crippen molar-refractivity contribution in [2.24, 2.45) is 0 Å². The van der Waals surface area contributed by atoms with Crippen molar-refractivity contribution >= 4 is 57.1 Å². The first-order valence-electron chi connectivity index (χ1n) is 10.2. The van der Waals surface area contributed by atoms with Crippen LogP contribution in [0, 0.1) is 11.3 Å². The normalized spacial score (nSPS) is 17.3. The van der Waals surface area contributed by atoms with E-state index < -0.39 is 5.54 Å². The van der Waals surface area contributed by atoms with Gasteiger partial charge >= 0.3 is 0 Å². The van der Waals surface area contributed by atoms with E-state index in [0.29, 0.717) is 36.8 Å². The van der Waals surface area contributed by atoms with E-state index in [2.05, 4.69) is 10.1 Å². The van der Waals surface area contributed by atoms with Gasteiger partial charge < -0.3 is 9.64 Å². The number of pyridine rings is 1. The van der Waals surface area contributed by atoms with E-state index in [1.54, 1.807) is 13.2 Å². The van der Waals surface area contributed by atoms with Gasteiger partial charge in [0.2, 0.25) is 0 Å². The first kappa shape index (κ1) is 20.8. The van der Waals surface area contributed by atoms with Gasteiger partial charge in [0.25, 0.3) is 5.91 Å². The molecule has 32 heavy (non-hydrogen) atoms. The van der Waals surface area contributed by atoms with Gasteiger partial charge in [-0.15, -0.1) is 0 Å². The van der Waals surface area contributed by atoms with Crippen LogP contribution in [0.3, 0.4) is 0 Å². The van der Waals surface area contributed by atoms with Crippen molar-refractivity contribution in [3.8, 4) is 6.07 Å². The number of methoxy groups -OCH3 is 1. The molecule has 2 aliphatic rings. The van der Waals surface area contributed by atoms with E-state index in [9.17, 15) is 4.79 Å². The maximum absolute atomic E-state index is 13.6. The van der Waals surface area contributed by atoms with Crippen LogP contribution >= 0.6 is 23.8 Å². The number of benzene rings is 1. The molecule has 1 aliphatic carbocycles. The van der Waals surface area contributed by atoms with Gasteiger partial charge in [0.15, 0.2) is 10.8 Å². The lowest BCUT2D eigenvalue weighted by Crippen LogP contribution is -2.55. The Hall–Kier alpha value is -3.06. The Balaban J connectivity index is 1.55. The van der Waals surface area contributed by atoms with Crippen LogP contribution in [0.5, 0.6) is 0 Å². The first-order chi connectivity index (χ1) is 15.5. The molecule has 1 spiro atoms. The monoisotopic (exact) mass is 466 g/mol. The first-order valence-corrected chi connectivity index (χ1v) is 11.0. The molecular formula is C22H19ClN6O2S. The van der Waals surface area contributed by atoms with Crippen LogP contribution in [0.25, 0.3) is 10.9 Å². The maximum atomic E-state index is 13.6. The number of aromatic nitrogens is 3. The SMILES string of the molecule is COCCn1ncc2cc(N3C(=S)N(c4cnc(C#N)c(Cl)c4)C(=O)C34CCC4)ccc21. The molecule has 0 N–H and O–H groups in total. The molecule has 0 bridgehead atoms. The molecule has 1 aromatic carbocycles. The molecule has 3 aromatic rings. The molecule has 0 radical (unpaired) electrons. The third-order valence-electron chi connectivity index (χ3n) is 6.17. The summed E-state index contributed by atoms with van der Waals surface area (Å²) in [6, 6.07) is 9.48. The average molecular weight is 467 g/mol. The van der Waals surface area contributed by atoms with Crippen LogP contribution in [-0.4, -0.2) is 45.0 Å². The number of nitrogens with zero attached hydrogens (tertiary/aromatic N) is 6. The number of anilines is 2. The second-order valence-corrected chi connectivity index (χ2v) is 8.66. The van der Waals surface area contributed by atoms with Crippen molar-refractivity contribution in [3.05, 3.63) is 47.4 Å². The number of halogens is 1. The number of carbonyl (C=O) groups is 1. The van der Waals surface area contributed by atoms with Crippen molar-refractivity contribution < 1.29 is 9.53 Å². The smallest absolute Gasteiger partial charge is 0.259 e. The molecule has 8 nitrogen and oxygen atoms in total. The molecule has 2 fully saturated rings. The Morgan fingerprint density at radius 1 is 1.28 bits per heavy atom. The molecule has 0 unspecified atom stereocenters. The fourth-order valence-electron chi connectivity index (χ4n) is 4.41. The predicted molar refractivity (Wildman–Crippen MR) is 125 cm³/mol. The van der Waals surface area contributed by atoms with Gasteiger partial charge in [-0.1, -0.05) is 11.6 Å². The molecule has 5 rings (SSSR count). The van der Waals surface area contributed by atoms with Gasteiger partial charge in [-0.2, -0.15) is 10.4 Å². The number of carbonyl (C=O) groups excluding carboxylic acids is 1. The number of thiocarbonyl (C=S) groups is 1. The summed E-state index contributed by atoms with van der Waals surface area (Å²) < 4.78 is 7.05. The summed E-state index contributed by atoms with van der Waals surface area (Å²) in [6.07, 6.45) is 5.65. The van der Waals surface area contributed by atoms with Crippen molar-refractivity contribution in [2.75, 3.05) is 23.5 Å². The van der Waals surface area contributed by atoms with Crippen LogP contribution in [0.1, 0.15) is 25.0 Å². The van der Waals surface area contributed by atoms with Gasteiger partial charge in [0, 0.05) is 18.2 Å².